The molecular weight excluding hydrogens is 270 g/mol. The zero-order chi connectivity index (χ0) is 14.4. The Morgan fingerprint density at radius 1 is 1.00 bits per heavy atom. The van der Waals surface area contributed by atoms with Crippen molar-refractivity contribution in [3.8, 4) is 0 Å². The van der Waals surface area contributed by atoms with E-state index >= 15 is 0 Å². The number of rotatable bonds is 6. The fourth-order valence-corrected chi connectivity index (χ4v) is 2.40. The Morgan fingerprint density at radius 2 is 1.65 bits per heavy atom. The molecule has 0 heterocycles. The summed E-state index contributed by atoms with van der Waals surface area (Å²) in [7, 11) is 2.02. The maximum atomic E-state index is 10.1. The predicted molar refractivity (Wildman–Crippen MR) is 83.9 cm³/mol. The molecule has 20 heavy (non-hydrogen) atoms. The van der Waals surface area contributed by atoms with Crippen molar-refractivity contribution in [2.45, 2.75) is 19.1 Å². The molecule has 2 nitrogen and oxygen atoms in total. The summed E-state index contributed by atoms with van der Waals surface area (Å²) in [6.45, 7) is 1.46. The number of benzene rings is 2. The van der Waals surface area contributed by atoms with Crippen LogP contribution in [0, 0.1) is 0 Å². The zero-order valence-corrected chi connectivity index (χ0v) is 12.4. The molecule has 0 bridgehead atoms. The van der Waals surface area contributed by atoms with Gasteiger partial charge in [-0.05, 0) is 36.7 Å². The summed E-state index contributed by atoms with van der Waals surface area (Å²) < 4.78 is 0. The van der Waals surface area contributed by atoms with Crippen LogP contribution >= 0.6 is 11.6 Å². The van der Waals surface area contributed by atoms with E-state index in [1.165, 1.54) is 11.1 Å². The fraction of sp³-hybridized carbons (Fsp3) is 0.294. The van der Waals surface area contributed by atoms with Crippen LogP contribution in [0.3, 0.4) is 0 Å². The van der Waals surface area contributed by atoms with Crippen LogP contribution in [0.15, 0.2) is 54.6 Å². The second kappa shape index (κ2) is 7.44. The van der Waals surface area contributed by atoms with E-state index in [-0.39, 0.29) is 6.10 Å². The summed E-state index contributed by atoms with van der Waals surface area (Å²) in [5.74, 6) is 0. The van der Waals surface area contributed by atoms with Crippen LogP contribution in [0.5, 0.6) is 0 Å². The lowest BCUT2D eigenvalue weighted by molar-refractivity contribution is 0.123. The van der Waals surface area contributed by atoms with Crippen LogP contribution in [-0.2, 0) is 13.0 Å². The molecule has 0 amide bonds. The number of halogens is 1. The molecule has 0 spiro atoms. The van der Waals surface area contributed by atoms with Crippen LogP contribution in [0.25, 0.3) is 0 Å². The number of hydrogen-bond donors (Lipinski definition) is 1. The average Bonchev–Trinajstić information content (AvgIpc) is 2.42. The molecule has 106 valence electrons. The predicted octanol–water partition coefficient (Wildman–Crippen LogP) is 3.38. The molecule has 0 aromatic heterocycles. The third kappa shape index (κ3) is 4.97. The van der Waals surface area contributed by atoms with Gasteiger partial charge in [-0.3, -0.25) is 4.90 Å². The van der Waals surface area contributed by atoms with E-state index in [2.05, 4.69) is 4.90 Å². The van der Waals surface area contributed by atoms with E-state index in [0.29, 0.717) is 13.0 Å². The molecule has 0 aliphatic carbocycles. The van der Waals surface area contributed by atoms with E-state index < -0.39 is 0 Å². The SMILES string of the molecule is CN(Cc1ccc(Cl)cc1)CC(O)Cc1ccccc1. The van der Waals surface area contributed by atoms with Gasteiger partial charge in [-0.25, -0.2) is 0 Å². The number of likely N-dealkylation sites (N-methyl/N-ethyl adjacent to an activating group) is 1. The number of hydrogen-bond acceptors (Lipinski definition) is 2. The van der Waals surface area contributed by atoms with E-state index in [4.69, 9.17) is 11.6 Å². The smallest absolute Gasteiger partial charge is 0.0707 e. The highest BCUT2D eigenvalue weighted by atomic mass is 35.5. The summed E-state index contributed by atoms with van der Waals surface area (Å²) in [4.78, 5) is 2.12. The molecular formula is C17H20ClNO. The summed E-state index contributed by atoms with van der Waals surface area (Å²) >= 11 is 5.87. The normalized spacial score (nSPS) is 12.6. The Kier molecular flexibility index (Phi) is 5.60. The third-order valence-electron chi connectivity index (χ3n) is 3.20. The van der Waals surface area contributed by atoms with E-state index in [1.54, 1.807) is 0 Å². The summed E-state index contributed by atoms with van der Waals surface area (Å²) in [5.41, 5.74) is 2.36. The lowest BCUT2D eigenvalue weighted by Crippen LogP contribution is -2.30. The molecule has 0 radical (unpaired) electrons. The molecule has 0 saturated carbocycles. The second-order valence-corrected chi connectivity index (χ2v) is 5.60. The number of aliphatic hydroxyl groups is 1. The van der Waals surface area contributed by atoms with Crippen LogP contribution in [0.4, 0.5) is 0 Å². The first-order valence-corrected chi connectivity index (χ1v) is 7.16. The van der Waals surface area contributed by atoms with Gasteiger partial charge in [0.2, 0.25) is 0 Å². The summed E-state index contributed by atoms with van der Waals surface area (Å²) in [6, 6.07) is 17.9. The van der Waals surface area contributed by atoms with Crippen LogP contribution in [0.2, 0.25) is 5.02 Å². The minimum Gasteiger partial charge on any atom is -0.391 e. The van der Waals surface area contributed by atoms with Gasteiger partial charge in [0.15, 0.2) is 0 Å². The Morgan fingerprint density at radius 3 is 2.30 bits per heavy atom. The molecule has 2 aromatic rings. The van der Waals surface area contributed by atoms with Gasteiger partial charge in [-0.15, -0.1) is 0 Å². The zero-order valence-electron chi connectivity index (χ0n) is 11.7. The molecule has 0 saturated heterocycles. The van der Waals surface area contributed by atoms with Crippen molar-refractivity contribution >= 4 is 11.6 Å². The van der Waals surface area contributed by atoms with Crippen molar-refractivity contribution in [2.75, 3.05) is 13.6 Å². The van der Waals surface area contributed by atoms with E-state index in [9.17, 15) is 5.11 Å². The standard InChI is InChI=1S/C17H20ClNO/c1-19(12-15-7-9-16(18)10-8-15)13-17(20)11-14-5-3-2-4-6-14/h2-10,17,20H,11-13H2,1H3. The molecule has 1 unspecified atom stereocenters. The fourth-order valence-electron chi connectivity index (χ4n) is 2.28. The van der Waals surface area contributed by atoms with Crippen molar-refractivity contribution in [3.63, 3.8) is 0 Å². The highest BCUT2D eigenvalue weighted by molar-refractivity contribution is 6.30. The van der Waals surface area contributed by atoms with Gasteiger partial charge >= 0.3 is 0 Å². The minimum absolute atomic E-state index is 0.352. The molecule has 1 N–H and O–H groups in total. The van der Waals surface area contributed by atoms with Gasteiger partial charge in [-0.2, -0.15) is 0 Å². The van der Waals surface area contributed by atoms with Crippen LogP contribution in [-0.4, -0.2) is 29.7 Å². The average molecular weight is 290 g/mol. The lowest BCUT2D eigenvalue weighted by Gasteiger charge is -2.20. The van der Waals surface area contributed by atoms with Crippen molar-refractivity contribution in [1.82, 2.24) is 4.90 Å². The van der Waals surface area contributed by atoms with Gasteiger partial charge in [-0.1, -0.05) is 54.1 Å². The minimum atomic E-state index is -0.352. The molecule has 0 fully saturated rings. The van der Waals surface area contributed by atoms with Crippen LogP contribution in [0.1, 0.15) is 11.1 Å². The monoisotopic (exact) mass is 289 g/mol. The van der Waals surface area contributed by atoms with Gasteiger partial charge in [0.1, 0.15) is 0 Å². The Balaban J connectivity index is 1.81. The Labute approximate surface area is 125 Å². The highest BCUT2D eigenvalue weighted by Crippen LogP contribution is 2.11. The van der Waals surface area contributed by atoms with Gasteiger partial charge < -0.3 is 5.11 Å². The van der Waals surface area contributed by atoms with Gasteiger partial charge in [0.05, 0.1) is 6.10 Å². The maximum Gasteiger partial charge on any atom is 0.0707 e. The Bertz CT molecular complexity index is 512. The second-order valence-electron chi connectivity index (χ2n) is 5.17. The van der Waals surface area contributed by atoms with E-state index in [0.717, 1.165) is 11.6 Å². The molecule has 1 atom stereocenters. The highest BCUT2D eigenvalue weighted by Gasteiger charge is 2.09. The van der Waals surface area contributed by atoms with Crippen molar-refractivity contribution in [1.29, 1.82) is 0 Å². The van der Waals surface area contributed by atoms with Crippen molar-refractivity contribution in [2.24, 2.45) is 0 Å². The lowest BCUT2D eigenvalue weighted by atomic mass is 10.1. The molecule has 3 heteroatoms. The molecule has 2 rings (SSSR count). The van der Waals surface area contributed by atoms with Gasteiger partial charge in [0.25, 0.3) is 0 Å². The summed E-state index contributed by atoms with van der Waals surface area (Å²) in [5, 5.41) is 10.9. The van der Waals surface area contributed by atoms with Crippen LogP contribution < -0.4 is 0 Å². The number of aliphatic hydroxyl groups excluding tert-OH is 1. The van der Waals surface area contributed by atoms with E-state index in [1.807, 2.05) is 61.6 Å². The molecule has 0 aliphatic heterocycles. The largest absolute Gasteiger partial charge is 0.391 e. The molecule has 2 aromatic carbocycles. The first-order chi connectivity index (χ1) is 9.63. The molecule has 0 aliphatic rings. The van der Waals surface area contributed by atoms with Gasteiger partial charge in [0, 0.05) is 18.1 Å². The van der Waals surface area contributed by atoms with Crippen molar-refractivity contribution in [3.05, 3.63) is 70.7 Å². The quantitative estimate of drug-likeness (QED) is 0.881. The van der Waals surface area contributed by atoms with Crippen molar-refractivity contribution < 1.29 is 5.11 Å². The maximum absolute atomic E-state index is 10.1. The Hall–Kier alpha value is -1.35. The third-order valence-corrected chi connectivity index (χ3v) is 3.45. The topological polar surface area (TPSA) is 23.5 Å². The first kappa shape index (κ1) is 15.0. The summed E-state index contributed by atoms with van der Waals surface area (Å²) in [6.07, 6.45) is 0.334. The number of nitrogens with zero attached hydrogens (tertiary/aromatic N) is 1. The first-order valence-electron chi connectivity index (χ1n) is 6.78.